The Morgan fingerprint density at radius 3 is 2.65 bits per heavy atom. The van der Waals surface area contributed by atoms with Crippen LogP contribution in [-0.4, -0.2) is 25.0 Å². The zero-order valence-electron chi connectivity index (χ0n) is 13.1. The van der Waals surface area contributed by atoms with Crippen molar-refractivity contribution < 1.29 is 0 Å². The van der Waals surface area contributed by atoms with E-state index >= 15 is 0 Å². The largest absolute Gasteiger partial charge is 0.383 e. The van der Waals surface area contributed by atoms with E-state index in [2.05, 4.69) is 75.0 Å². The molecule has 0 heterocycles. The molecule has 0 saturated heterocycles. The highest BCUT2D eigenvalue weighted by Crippen LogP contribution is 2.15. The van der Waals surface area contributed by atoms with Gasteiger partial charge in [0.1, 0.15) is 0 Å². The van der Waals surface area contributed by atoms with Crippen LogP contribution in [0.4, 0.5) is 5.69 Å². The Morgan fingerprint density at radius 1 is 1.35 bits per heavy atom. The first-order chi connectivity index (χ1) is 9.60. The van der Waals surface area contributed by atoms with Gasteiger partial charge in [0.05, 0.1) is 0 Å². The van der Waals surface area contributed by atoms with E-state index in [1.165, 1.54) is 22.5 Å². The number of hydrogen-bond donors (Lipinski definition) is 1. The molecule has 1 rings (SSSR count). The average molecular weight is 270 g/mol. The lowest BCUT2D eigenvalue weighted by molar-refractivity contribution is 0.440. The third kappa shape index (κ3) is 4.61. The molecule has 0 aliphatic rings. The first-order valence-electron chi connectivity index (χ1n) is 7.06. The molecule has 0 saturated carbocycles. The first-order valence-corrected chi connectivity index (χ1v) is 7.06. The van der Waals surface area contributed by atoms with E-state index in [0.29, 0.717) is 0 Å². The molecule has 0 aliphatic heterocycles. The number of nitrogens with zero attached hydrogens (tertiary/aromatic N) is 1. The number of anilines is 1. The SMILES string of the molecule is C=C/C=C(C)\C(=C/C)N(C)CCNc1ccccc1C. The van der Waals surface area contributed by atoms with Crippen LogP contribution in [0.2, 0.25) is 0 Å². The topological polar surface area (TPSA) is 15.3 Å². The van der Waals surface area contributed by atoms with Gasteiger partial charge in [-0.3, -0.25) is 0 Å². The smallest absolute Gasteiger partial charge is 0.0370 e. The molecule has 0 bridgehead atoms. The Labute approximate surface area is 123 Å². The van der Waals surface area contributed by atoms with Crippen molar-refractivity contribution in [1.82, 2.24) is 4.90 Å². The normalized spacial score (nSPS) is 12.2. The van der Waals surface area contributed by atoms with Crippen LogP contribution in [0, 0.1) is 6.92 Å². The minimum atomic E-state index is 0.917. The van der Waals surface area contributed by atoms with Crippen LogP contribution in [0.25, 0.3) is 0 Å². The number of aryl methyl sites for hydroxylation is 1. The van der Waals surface area contributed by atoms with Gasteiger partial charge in [-0.1, -0.05) is 43.0 Å². The molecule has 1 N–H and O–H groups in total. The average Bonchev–Trinajstić information content (AvgIpc) is 2.42. The molecule has 20 heavy (non-hydrogen) atoms. The van der Waals surface area contributed by atoms with E-state index in [1.807, 2.05) is 12.2 Å². The van der Waals surface area contributed by atoms with Crippen molar-refractivity contribution in [2.45, 2.75) is 20.8 Å². The van der Waals surface area contributed by atoms with Crippen molar-refractivity contribution in [3.8, 4) is 0 Å². The fraction of sp³-hybridized carbons (Fsp3) is 0.333. The Morgan fingerprint density at radius 2 is 2.05 bits per heavy atom. The Hall–Kier alpha value is -1.96. The van der Waals surface area contributed by atoms with Crippen LogP contribution in [0.1, 0.15) is 19.4 Å². The van der Waals surface area contributed by atoms with Gasteiger partial charge in [0.25, 0.3) is 0 Å². The summed E-state index contributed by atoms with van der Waals surface area (Å²) < 4.78 is 0. The number of nitrogens with one attached hydrogen (secondary N) is 1. The zero-order chi connectivity index (χ0) is 15.0. The summed E-state index contributed by atoms with van der Waals surface area (Å²) in [5.74, 6) is 0. The lowest BCUT2D eigenvalue weighted by Crippen LogP contribution is -2.25. The van der Waals surface area contributed by atoms with Crippen LogP contribution >= 0.6 is 0 Å². The molecular formula is C18H26N2. The second kappa shape index (κ2) is 8.26. The molecule has 2 nitrogen and oxygen atoms in total. The summed E-state index contributed by atoms with van der Waals surface area (Å²) in [7, 11) is 2.12. The fourth-order valence-electron chi connectivity index (χ4n) is 2.26. The number of allylic oxidation sites excluding steroid dienone is 4. The molecule has 1 aromatic carbocycles. The number of para-hydroxylation sites is 1. The molecule has 0 atom stereocenters. The summed E-state index contributed by atoms with van der Waals surface area (Å²) in [6.07, 6.45) is 6.02. The van der Waals surface area contributed by atoms with Crippen molar-refractivity contribution in [2.75, 3.05) is 25.5 Å². The Kier molecular flexibility index (Phi) is 6.65. The first kappa shape index (κ1) is 16.1. The molecule has 0 aromatic heterocycles. The van der Waals surface area contributed by atoms with Gasteiger partial charge in [0.15, 0.2) is 0 Å². The minimum absolute atomic E-state index is 0.917. The number of benzene rings is 1. The van der Waals surface area contributed by atoms with E-state index in [-0.39, 0.29) is 0 Å². The molecule has 1 aromatic rings. The maximum absolute atomic E-state index is 3.75. The molecule has 0 unspecified atom stereocenters. The van der Waals surface area contributed by atoms with Crippen molar-refractivity contribution in [1.29, 1.82) is 0 Å². The minimum Gasteiger partial charge on any atom is -0.383 e. The van der Waals surface area contributed by atoms with Gasteiger partial charge in [0.2, 0.25) is 0 Å². The summed E-state index contributed by atoms with van der Waals surface area (Å²) in [5, 5.41) is 3.49. The third-order valence-electron chi connectivity index (χ3n) is 3.36. The number of hydrogen-bond acceptors (Lipinski definition) is 2. The summed E-state index contributed by atoms with van der Waals surface area (Å²) in [5.41, 5.74) is 4.97. The fourth-order valence-corrected chi connectivity index (χ4v) is 2.26. The monoisotopic (exact) mass is 270 g/mol. The van der Waals surface area contributed by atoms with Crippen LogP contribution in [0.3, 0.4) is 0 Å². The van der Waals surface area contributed by atoms with Crippen molar-refractivity contribution in [3.63, 3.8) is 0 Å². The second-order valence-electron chi connectivity index (χ2n) is 4.92. The summed E-state index contributed by atoms with van der Waals surface area (Å²) in [6, 6.07) is 8.37. The molecule has 0 aliphatic carbocycles. The van der Waals surface area contributed by atoms with Crippen molar-refractivity contribution in [2.24, 2.45) is 0 Å². The lowest BCUT2D eigenvalue weighted by Gasteiger charge is -2.24. The third-order valence-corrected chi connectivity index (χ3v) is 3.36. The molecule has 0 spiro atoms. The molecule has 0 radical (unpaired) electrons. The van der Waals surface area contributed by atoms with Crippen LogP contribution < -0.4 is 5.32 Å². The van der Waals surface area contributed by atoms with Gasteiger partial charge >= 0.3 is 0 Å². The van der Waals surface area contributed by atoms with Gasteiger partial charge in [0, 0.05) is 31.5 Å². The van der Waals surface area contributed by atoms with Crippen molar-refractivity contribution in [3.05, 3.63) is 65.9 Å². The van der Waals surface area contributed by atoms with Crippen LogP contribution in [-0.2, 0) is 0 Å². The zero-order valence-corrected chi connectivity index (χ0v) is 13.1. The van der Waals surface area contributed by atoms with Crippen LogP contribution in [0.5, 0.6) is 0 Å². The molecular weight excluding hydrogens is 244 g/mol. The van der Waals surface area contributed by atoms with Crippen LogP contribution in [0.15, 0.2) is 60.3 Å². The van der Waals surface area contributed by atoms with Gasteiger partial charge in [-0.25, -0.2) is 0 Å². The van der Waals surface area contributed by atoms with Gasteiger partial charge in [-0.2, -0.15) is 0 Å². The highest BCUT2D eigenvalue weighted by molar-refractivity contribution is 5.50. The number of likely N-dealkylation sites (N-methyl/N-ethyl adjacent to an activating group) is 1. The molecule has 0 amide bonds. The standard InChI is InChI=1S/C18H26N2/c1-6-10-16(4)18(7-2)20(5)14-13-19-17-12-9-8-11-15(17)3/h6-12,19H,1,13-14H2,2-5H3/b16-10-,18-7+. The van der Waals surface area contributed by atoms with Gasteiger partial charge in [-0.05, 0) is 38.0 Å². The predicted octanol–water partition coefficient (Wildman–Crippen LogP) is 4.37. The maximum Gasteiger partial charge on any atom is 0.0370 e. The van der Waals surface area contributed by atoms with E-state index in [0.717, 1.165) is 13.1 Å². The summed E-state index contributed by atoms with van der Waals surface area (Å²) >= 11 is 0. The Bertz CT molecular complexity index is 498. The summed E-state index contributed by atoms with van der Waals surface area (Å²) in [4.78, 5) is 2.26. The van der Waals surface area contributed by atoms with Gasteiger partial charge in [-0.15, -0.1) is 0 Å². The van der Waals surface area contributed by atoms with Gasteiger partial charge < -0.3 is 10.2 Å². The molecule has 0 fully saturated rings. The number of rotatable bonds is 7. The van der Waals surface area contributed by atoms with E-state index in [9.17, 15) is 0 Å². The van der Waals surface area contributed by atoms with E-state index in [1.54, 1.807) is 0 Å². The quantitative estimate of drug-likeness (QED) is 0.740. The molecule has 108 valence electrons. The van der Waals surface area contributed by atoms with E-state index < -0.39 is 0 Å². The highest BCUT2D eigenvalue weighted by atomic mass is 15.1. The lowest BCUT2D eigenvalue weighted by atomic mass is 10.1. The highest BCUT2D eigenvalue weighted by Gasteiger charge is 2.05. The Balaban J connectivity index is 2.55. The predicted molar refractivity (Wildman–Crippen MR) is 90.0 cm³/mol. The molecule has 2 heteroatoms. The van der Waals surface area contributed by atoms with Crippen molar-refractivity contribution >= 4 is 5.69 Å². The maximum atomic E-state index is 3.75. The second-order valence-corrected chi connectivity index (χ2v) is 4.92. The summed E-state index contributed by atoms with van der Waals surface area (Å²) in [6.45, 7) is 11.9. The van der Waals surface area contributed by atoms with E-state index in [4.69, 9.17) is 0 Å².